The third-order valence-corrected chi connectivity index (χ3v) is 4.02. The van der Waals surface area contributed by atoms with Gasteiger partial charge in [-0.3, -0.25) is 4.68 Å². The molecule has 0 amide bonds. The Bertz CT molecular complexity index is 652. The van der Waals surface area contributed by atoms with Crippen LogP contribution in [0.4, 0.5) is 5.82 Å². The zero-order valence-electron chi connectivity index (χ0n) is 15.2. The normalized spacial score (nSPS) is 10.8. The first-order valence-corrected chi connectivity index (χ1v) is 8.07. The highest BCUT2D eigenvalue weighted by Gasteiger charge is 2.19. The van der Waals surface area contributed by atoms with E-state index in [1.165, 1.54) is 5.56 Å². The molecule has 0 saturated heterocycles. The fourth-order valence-corrected chi connectivity index (χ4v) is 2.98. The SMILES string of the molecule is CC(C)c1nn(C)c(N(C)C)c1CNCc1ccccc1CO.Cl. The van der Waals surface area contributed by atoms with Crippen molar-refractivity contribution >= 4 is 18.2 Å². The first kappa shape index (κ1) is 20.5. The maximum absolute atomic E-state index is 9.42. The maximum atomic E-state index is 9.42. The molecule has 0 bridgehead atoms. The van der Waals surface area contributed by atoms with Crippen molar-refractivity contribution in [3.05, 3.63) is 46.6 Å². The van der Waals surface area contributed by atoms with E-state index < -0.39 is 0 Å². The fourth-order valence-electron chi connectivity index (χ4n) is 2.98. The van der Waals surface area contributed by atoms with E-state index in [0.29, 0.717) is 5.92 Å². The number of nitrogens with one attached hydrogen (secondary N) is 1. The molecule has 24 heavy (non-hydrogen) atoms. The van der Waals surface area contributed by atoms with Gasteiger partial charge in [0.15, 0.2) is 0 Å². The minimum absolute atomic E-state index is 0. The lowest BCUT2D eigenvalue weighted by molar-refractivity contribution is 0.280. The maximum Gasteiger partial charge on any atom is 0.130 e. The van der Waals surface area contributed by atoms with E-state index in [-0.39, 0.29) is 19.0 Å². The Morgan fingerprint density at radius 2 is 1.79 bits per heavy atom. The highest BCUT2D eigenvalue weighted by atomic mass is 35.5. The van der Waals surface area contributed by atoms with E-state index >= 15 is 0 Å². The van der Waals surface area contributed by atoms with Crippen molar-refractivity contribution in [2.75, 3.05) is 19.0 Å². The van der Waals surface area contributed by atoms with Crippen LogP contribution in [-0.4, -0.2) is 29.0 Å². The lowest BCUT2D eigenvalue weighted by Crippen LogP contribution is -2.19. The highest BCUT2D eigenvalue weighted by molar-refractivity contribution is 5.85. The summed E-state index contributed by atoms with van der Waals surface area (Å²) in [5.41, 5.74) is 4.49. The number of halogens is 1. The summed E-state index contributed by atoms with van der Waals surface area (Å²) >= 11 is 0. The molecule has 0 aliphatic heterocycles. The van der Waals surface area contributed by atoms with E-state index in [1.807, 2.05) is 44.0 Å². The lowest BCUT2D eigenvalue weighted by Gasteiger charge is -2.17. The van der Waals surface area contributed by atoms with Crippen molar-refractivity contribution in [2.45, 2.75) is 39.5 Å². The lowest BCUT2D eigenvalue weighted by atomic mass is 10.0. The number of rotatable bonds is 7. The molecule has 5 nitrogen and oxygen atoms in total. The van der Waals surface area contributed by atoms with Gasteiger partial charge in [-0.2, -0.15) is 5.10 Å². The molecule has 6 heteroatoms. The van der Waals surface area contributed by atoms with Gasteiger partial charge in [-0.1, -0.05) is 38.1 Å². The summed E-state index contributed by atoms with van der Waals surface area (Å²) in [5, 5.41) is 17.6. The molecule has 0 aliphatic carbocycles. The zero-order valence-corrected chi connectivity index (χ0v) is 16.0. The highest BCUT2D eigenvalue weighted by Crippen LogP contribution is 2.27. The van der Waals surface area contributed by atoms with Gasteiger partial charge in [0.2, 0.25) is 0 Å². The van der Waals surface area contributed by atoms with E-state index in [0.717, 1.165) is 35.7 Å². The molecular formula is C18H29ClN4O. The topological polar surface area (TPSA) is 53.3 Å². The Kier molecular flexibility index (Phi) is 7.73. The van der Waals surface area contributed by atoms with Gasteiger partial charge in [0, 0.05) is 39.8 Å². The molecule has 0 aliphatic rings. The van der Waals surface area contributed by atoms with E-state index in [9.17, 15) is 5.11 Å². The molecular weight excluding hydrogens is 324 g/mol. The van der Waals surface area contributed by atoms with Gasteiger partial charge < -0.3 is 15.3 Å². The van der Waals surface area contributed by atoms with Crippen LogP contribution < -0.4 is 10.2 Å². The van der Waals surface area contributed by atoms with Gasteiger partial charge >= 0.3 is 0 Å². The number of hydrogen-bond acceptors (Lipinski definition) is 4. The molecule has 2 rings (SSSR count). The van der Waals surface area contributed by atoms with Crippen molar-refractivity contribution < 1.29 is 5.11 Å². The molecule has 1 aromatic carbocycles. The van der Waals surface area contributed by atoms with E-state index in [1.54, 1.807) is 0 Å². The summed E-state index contributed by atoms with van der Waals surface area (Å²) in [7, 11) is 6.09. The number of aliphatic hydroxyl groups excluding tert-OH is 1. The van der Waals surface area contributed by atoms with E-state index in [2.05, 4.69) is 35.2 Å². The summed E-state index contributed by atoms with van der Waals surface area (Å²) in [4.78, 5) is 2.11. The fraction of sp³-hybridized carbons (Fsp3) is 0.500. The van der Waals surface area contributed by atoms with Crippen molar-refractivity contribution in [1.82, 2.24) is 15.1 Å². The molecule has 0 radical (unpaired) electrons. The summed E-state index contributed by atoms with van der Waals surface area (Å²) in [6.45, 7) is 5.91. The molecule has 0 fully saturated rings. The third kappa shape index (κ3) is 4.50. The van der Waals surface area contributed by atoms with Crippen LogP contribution in [0.3, 0.4) is 0 Å². The Morgan fingerprint density at radius 3 is 2.33 bits per heavy atom. The number of aromatic nitrogens is 2. The van der Waals surface area contributed by atoms with Gasteiger partial charge in [-0.15, -0.1) is 12.4 Å². The Morgan fingerprint density at radius 1 is 1.17 bits per heavy atom. The third-order valence-electron chi connectivity index (χ3n) is 4.02. The minimum atomic E-state index is 0. The number of aryl methyl sites for hydroxylation is 1. The summed E-state index contributed by atoms with van der Waals surface area (Å²) in [6.07, 6.45) is 0. The van der Waals surface area contributed by atoms with Gasteiger partial charge in [0.25, 0.3) is 0 Å². The number of anilines is 1. The second-order valence-corrected chi connectivity index (χ2v) is 6.39. The summed E-state index contributed by atoms with van der Waals surface area (Å²) < 4.78 is 1.95. The second kappa shape index (κ2) is 9.06. The van der Waals surface area contributed by atoms with Crippen LogP contribution in [0, 0.1) is 0 Å². The molecule has 0 unspecified atom stereocenters. The van der Waals surface area contributed by atoms with Crippen LogP contribution in [0.1, 0.15) is 42.1 Å². The summed E-state index contributed by atoms with van der Waals surface area (Å²) in [5.74, 6) is 1.52. The minimum Gasteiger partial charge on any atom is -0.392 e. The first-order chi connectivity index (χ1) is 11.0. The predicted molar refractivity (Wildman–Crippen MR) is 102 cm³/mol. The van der Waals surface area contributed by atoms with Crippen LogP contribution in [0.2, 0.25) is 0 Å². The molecule has 134 valence electrons. The van der Waals surface area contributed by atoms with Crippen LogP contribution >= 0.6 is 12.4 Å². The number of aliphatic hydroxyl groups is 1. The summed E-state index contributed by atoms with van der Waals surface area (Å²) in [6, 6.07) is 7.98. The van der Waals surface area contributed by atoms with E-state index in [4.69, 9.17) is 0 Å². The van der Waals surface area contributed by atoms with Gasteiger partial charge in [0.05, 0.1) is 12.3 Å². The second-order valence-electron chi connectivity index (χ2n) is 6.39. The average molecular weight is 353 g/mol. The molecule has 0 saturated carbocycles. The Balaban J connectivity index is 0.00000288. The molecule has 0 spiro atoms. The monoisotopic (exact) mass is 352 g/mol. The van der Waals surface area contributed by atoms with Crippen LogP contribution in [0.15, 0.2) is 24.3 Å². The molecule has 2 N–H and O–H groups in total. The van der Waals surface area contributed by atoms with Crippen molar-refractivity contribution in [1.29, 1.82) is 0 Å². The average Bonchev–Trinajstić information content (AvgIpc) is 2.84. The number of nitrogens with zero attached hydrogens (tertiary/aromatic N) is 3. The van der Waals surface area contributed by atoms with Gasteiger partial charge in [0.1, 0.15) is 5.82 Å². The quantitative estimate of drug-likeness (QED) is 0.804. The largest absolute Gasteiger partial charge is 0.392 e. The first-order valence-electron chi connectivity index (χ1n) is 8.07. The Hall–Kier alpha value is -1.56. The molecule has 0 atom stereocenters. The van der Waals surface area contributed by atoms with Crippen molar-refractivity contribution in [3.63, 3.8) is 0 Å². The van der Waals surface area contributed by atoms with Crippen LogP contribution in [-0.2, 0) is 26.7 Å². The standard InChI is InChI=1S/C18H28N4O.ClH/c1-13(2)17-16(18(21(3)4)22(5)20-17)11-19-10-14-8-6-7-9-15(14)12-23;/h6-9,13,19,23H,10-12H2,1-5H3;1H. The molecule has 1 heterocycles. The van der Waals surface area contributed by atoms with Gasteiger partial charge in [-0.05, 0) is 17.0 Å². The Labute approximate surface area is 151 Å². The smallest absolute Gasteiger partial charge is 0.130 e. The van der Waals surface area contributed by atoms with Crippen molar-refractivity contribution in [2.24, 2.45) is 7.05 Å². The van der Waals surface area contributed by atoms with Crippen LogP contribution in [0.5, 0.6) is 0 Å². The number of hydrogen-bond donors (Lipinski definition) is 2. The van der Waals surface area contributed by atoms with Crippen LogP contribution in [0.25, 0.3) is 0 Å². The number of benzene rings is 1. The molecule has 2 aromatic rings. The predicted octanol–water partition coefficient (Wildman–Crippen LogP) is 2.81. The van der Waals surface area contributed by atoms with Gasteiger partial charge in [-0.25, -0.2) is 0 Å². The zero-order chi connectivity index (χ0) is 17.0. The van der Waals surface area contributed by atoms with Crippen molar-refractivity contribution in [3.8, 4) is 0 Å². The molecule has 1 aromatic heterocycles.